The smallest absolute Gasteiger partial charge is 0.146 e. The van der Waals surface area contributed by atoms with Gasteiger partial charge in [-0.2, -0.15) is 0 Å². The lowest BCUT2D eigenvalue weighted by atomic mass is 9.96. The maximum Gasteiger partial charge on any atom is 0.146 e. The summed E-state index contributed by atoms with van der Waals surface area (Å²) in [7, 11) is 0. The molecule has 0 spiro atoms. The summed E-state index contributed by atoms with van der Waals surface area (Å²) in [6.07, 6.45) is 4.53. The molecule has 2 aromatic carbocycles. The van der Waals surface area contributed by atoms with E-state index < -0.39 is 0 Å². The fraction of sp³-hybridized carbons (Fsp3) is 0.238. The predicted octanol–water partition coefficient (Wildman–Crippen LogP) is 5.46. The molecule has 1 aromatic heterocycles. The Morgan fingerprint density at radius 2 is 1.62 bits per heavy atom. The van der Waals surface area contributed by atoms with Gasteiger partial charge in [0.15, 0.2) is 0 Å². The van der Waals surface area contributed by atoms with Gasteiger partial charge in [0.1, 0.15) is 10.5 Å². The summed E-state index contributed by atoms with van der Waals surface area (Å²) in [4.78, 5) is 4.83. The highest BCUT2D eigenvalue weighted by Crippen LogP contribution is 2.30. The first-order chi connectivity index (χ1) is 11.7. The van der Waals surface area contributed by atoms with Crippen molar-refractivity contribution in [3.05, 3.63) is 76.1 Å². The first-order valence-electron chi connectivity index (χ1n) is 8.51. The van der Waals surface area contributed by atoms with Gasteiger partial charge in [-0.3, -0.25) is 4.57 Å². The topological polar surface area (TPSA) is 17.8 Å². The molecule has 0 N–H and O–H groups in total. The van der Waals surface area contributed by atoms with Crippen LogP contribution in [0.2, 0.25) is 0 Å². The minimum atomic E-state index is 0.770. The highest BCUT2D eigenvalue weighted by molar-refractivity contribution is 7.71. The van der Waals surface area contributed by atoms with Gasteiger partial charge in [-0.1, -0.05) is 60.2 Å². The number of rotatable bonds is 2. The molecule has 0 bridgehead atoms. The zero-order chi connectivity index (χ0) is 16.5. The van der Waals surface area contributed by atoms with Gasteiger partial charge >= 0.3 is 0 Å². The summed E-state index contributed by atoms with van der Waals surface area (Å²) >= 11 is 5.63. The molecular weight excluding hydrogens is 312 g/mol. The molecule has 0 unspecified atom stereocenters. The van der Waals surface area contributed by atoms with E-state index in [1.165, 1.54) is 35.3 Å². The normalized spacial score (nSPS) is 13.5. The van der Waals surface area contributed by atoms with Gasteiger partial charge in [-0.25, -0.2) is 4.98 Å². The van der Waals surface area contributed by atoms with Crippen LogP contribution in [0.1, 0.15) is 29.7 Å². The molecule has 4 rings (SSSR count). The summed E-state index contributed by atoms with van der Waals surface area (Å²) in [6.45, 7) is 2.12. The third-order valence-corrected chi connectivity index (χ3v) is 5.05. The first kappa shape index (κ1) is 15.3. The summed E-state index contributed by atoms with van der Waals surface area (Å²) in [5, 5.41) is 0. The fourth-order valence-electron chi connectivity index (χ4n) is 3.46. The van der Waals surface area contributed by atoms with E-state index in [1.807, 2.05) is 6.07 Å². The highest BCUT2D eigenvalue weighted by atomic mass is 32.1. The van der Waals surface area contributed by atoms with E-state index in [0.29, 0.717) is 0 Å². The number of hydrogen-bond donors (Lipinski definition) is 0. The van der Waals surface area contributed by atoms with Crippen LogP contribution in [-0.4, -0.2) is 9.55 Å². The highest BCUT2D eigenvalue weighted by Gasteiger charge is 2.20. The largest absolute Gasteiger partial charge is 0.298 e. The Morgan fingerprint density at radius 1 is 0.917 bits per heavy atom. The van der Waals surface area contributed by atoms with Crippen molar-refractivity contribution in [1.82, 2.24) is 9.55 Å². The Balaban J connectivity index is 2.04. The van der Waals surface area contributed by atoms with Crippen molar-refractivity contribution in [3.63, 3.8) is 0 Å². The lowest BCUT2D eigenvalue weighted by molar-refractivity contribution is 0.642. The summed E-state index contributed by atoms with van der Waals surface area (Å²) in [5.74, 6) is 0.949. The van der Waals surface area contributed by atoms with Gasteiger partial charge in [0.2, 0.25) is 0 Å². The second-order valence-electron chi connectivity index (χ2n) is 6.41. The van der Waals surface area contributed by atoms with Crippen LogP contribution in [0.25, 0.3) is 17.1 Å². The molecule has 0 fully saturated rings. The van der Waals surface area contributed by atoms with E-state index >= 15 is 0 Å². The average Bonchev–Trinajstić information content (AvgIpc) is 2.63. The van der Waals surface area contributed by atoms with Crippen LogP contribution in [0.15, 0.2) is 54.6 Å². The number of benzene rings is 2. The molecule has 0 radical (unpaired) electrons. The van der Waals surface area contributed by atoms with Crippen LogP contribution >= 0.6 is 12.2 Å². The van der Waals surface area contributed by atoms with Gasteiger partial charge in [-0.05, 0) is 44.7 Å². The third-order valence-electron chi connectivity index (χ3n) is 4.71. The van der Waals surface area contributed by atoms with E-state index in [9.17, 15) is 0 Å². The van der Waals surface area contributed by atoms with Gasteiger partial charge in [0.05, 0.1) is 0 Å². The SMILES string of the molecule is Cc1ccc(-n2c(-c3ccccc3)nc(=S)c3c2CCCC3)cc1. The first-order valence-corrected chi connectivity index (χ1v) is 8.92. The zero-order valence-electron chi connectivity index (χ0n) is 13.8. The van der Waals surface area contributed by atoms with E-state index in [1.54, 1.807) is 0 Å². The van der Waals surface area contributed by atoms with Crippen molar-refractivity contribution in [2.24, 2.45) is 0 Å². The van der Waals surface area contributed by atoms with Crippen LogP contribution in [0.3, 0.4) is 0 Å². The van der Waals surface area contributed by atoms with Gasteiger partial charge in [-0.15, -0.1) is 0 Å². The van der Waals surface area contributed by atoms with Crippen molar-refractivity contribution in [2.75, 3.05) is 0 Å². The lowest BCUT2D eigenvalue weighted by Crippen LogP contribution is -2.17. The average molecular weight is 332 g/mol. The molecule has 0 aliphatic heterocycles. The summed E-state index contributed by atoms with van der Waals surface area (Å²) < 4.78 is 3.09. The van der Waals surface area contributed by atoms with Crippen molar-refractivity contribution < 1.29 is 0 Å². The van der Waals surface area contributed by atoms with E-state index in [-0.39, 0.29) is 0 Å². The Hall–Kier alpha value is -2.26. The second kappa shape index (κ2) is 6.33. The van der Waals surface area contributed by atoms with Gasteiger partial charge in [0, 0.05) is 22.5 Å². The Morgan fingerprint density at radius 3 is 2.38 bits per heavy atom. The van der Waals surface area contributed by atoms with E-state index in [4.69, 9.17) is 17.2 Å². The molecule has 0 amide bonds. The van der Waals surface area contributed by atoms with Crippen LogP contribution in [0.4, 0.5) is 0 Å². The summed E-state index contributed by atoms with van der Waals surface area (Å²) in [6, 6.07) is 19.0. The second-order valence-corrected chi connectivity index (χ2v) is 6.80. The number of nitrogens with zero attached hydrogens (tertiary/aromatic N) is 2. The minimum Gasteiger partial charge on any atom is -0.298 e. The number of aromatic nitrogens is 2. The van der Waals surface area contributed by atoms with Crippen LogP contribution < -0.4 is 0 Å². The van der Waals surface area contributed by atoms with Gasteiger partial charge in [0.25, 0.3) is 0 Å². The van der Waals surface area contributed by atoms with Crippen molar-refractivity contribution in [2.45, 2.75) is 32.6 Å². The number of hydrogen-bond acceptors (Lipinski definition) is 2. The zero-order valence-corrected chi connectivity index (χ0v) is 14.6. The van der Waals surface area contributed by atoms with Crippen molar-refractivity contribution >= 4 is 12.2 Å². The molecule has 0 saturated heterocycles. The number of aryl methyl sites for hydroxylation is 1. The van der Waals surface area contributed by atoms with Crippen molar-refractivity contribution in [3.8, 4) is 17.1 Å². The molecule has 3 aromatic rings. The fourth-order valence-corrected chi connectivity index (χ4v) is 3.77. The molecule has 0 saturated carbocycles. The van der Waals surface area contributed by atoms with Gasteiger partial charge < -0.3 is 0 Å². The van der Waals surface area contributed by atoms with Crippen LogP contribution in [0.5, 0.6) is 0 Å². The molecule has 2 nitrogen and oxygen atoms in total. The maximum atomic E-state index is 5.63. The summed E-state index contributed by atoms with van der Waals surface area (Å²) in [5.41, 5.74) is 6.14. The molecule has 1 aliphatic carbocycles. The molecular formula is C21H20N2S. The molecule has 3 heteroatoms. The molecule has 1 heterocycles. The maximum absolute atomic E-state index is 5.63. The standard InChI is InChI=1S/C21H20N2S/c1-15-11-13-17(14-12-15)23-19-10-6-5-9-18(19)21(24)22-20(23)16-7-3-2-4-8-16/h2-4,7-8,11-14H,5-6,9-10H2,1H3. The third kappa shape index (κ3) is 2.69. The van der Waals surface area contributed by atoms with Crippen LogP contribution in [0, 0.1) is 11.6 Å². The van der Waals surface area contributed by atoms with E-state index in [2.05, 4.69) is 60.0 Å². The Kier molecular flexibility index (Phi) is 4.03. The Bertz CT molecular complexity index is 925. The van der Waals surface area contributed by atoms with E-state index in [0.717, 1.165) is 28.9 Å². The Labute approximate surface area is 147 Å². The lowest BCUT2D eigenvalue weighted by Gasteiger charge is -2.24. The monoisotopic (exact) mass is 332 g/mol. The minimum absolute atomic E-state index is 0.770. The number of fused-ring (bicyclic) bond motifs is 1. The molecule has 1 aliphatic rings. The molecule has 24 heavy (non-hydrogen) atoms. The molecule has 120 valence electrons. The quantitative estimate of drug-likeness (QED) is 0.580. The predicted molar refractivity (Wildman–Crippen MR) is 101 cm³/mol. The molecule has 0 atom stereocenters. The van der Waals surface area contributed by atoms with Crippen LogP contribution in [-0.2, 0) is 12.8 Å². The van der Waals surface area contributed by atoms with Crippen molar-refractivity contribution in [1.29, 1.82) is 0 Å².